The van der Waals surface area contributed by atoms with Gasteiger partial charge < -0.3 is 20.1 Å². The number of amides is 1. The molecule has 1 spiro atoms. The summed E-state index contributed by atoms with van der Waals surface area (Å²) in [5, 5.41) is 0. The molecule has 2 aliphatic heterocycles. The minimum Gasteiger partial charge on any atom is -0.381 e. The van der Waals surface area contributed by atoms with Crippen molar-refractivity contribution in [3.63, 3.8) is 0 Å². The highest BCUT2D eigenvalue weighted by atomic mass is 16.5. The van der Waals surface area contributed by atoms with Crippen molar-refractivity contribution in [1.82, 2.24) is 4.90 Å². The summed E-state index contributed by atoms with van der Waals surface area (Å²) in [5.74, 6) is 0.609. The molecule has 5 heteroatoms. The molecule has 1 saturated carbocycles. The number of nitrogens with two attached hydrogens (primary N) is 1. The van der Waals surface area contributed by atoms with E-state index in [-0.39, 0.29) is 12.0 Å². The molecule has 3 aliphatic rings. The number of carbonyl (C=O) groups excluding carboxylic acids is 1. The van der Waals surface area contributed by atoms with Crippen LogP contribution in [0.25, 0.3) is 0 Å². The Morgan fingerprint density at radius 1 is 1.27 bits per heavy atom. The van der Waals surface area contributed by atoms with Crippen LogP contribution in [-0.4, -0.2) is 55.9 Å². The molecule has 22 heavy (non-hydrogen) atoms. The van der Waals surface area contributed by atoms with Crippen LogP contribution in [0.5, 0.6) is 0 Å². The van der Waals surface area contributed by atoms with Crippen LogP contribution < -0.4 is 5.73 Å². The van der Waals surface area contributed by atoms with Gasteiger partial charge in [0.2, 0.25) is 5.91 Å². The summed E-state index contributed by atoms with van der Waals surface area (Å²) >= 11 is 0. The largest absolute Gasteiger partial charge is 0.381 e. The highest BCUT2D eigenvalue weighted by molar-refractivity contribution is 5.82. The second-order valence-corrected chi connectivity index (χ2v) is 7.45. The van der Waals surface area contributed by atoms with Crippen molar-refractivity contribution in [3.05, 3.63) is 0 Å². The Morgan fingerprint density at radius 3 is 2.50 bits per heavy atom. The predicted octanol–water partition coefficient (Wildman–Crippen LogP) is 1.55. The molecule has 0 unspecified atom stereocenters. The molecule has 2 N–H and O–H groups in total. The molecule has 0 aromatic rings. The number of ether oxygens (including phenoxy) is 2. The minimum atomic E-state index is -0.534. The SMILES string of the molecule is C[C@@H](OCC1CCOCC1)[C@H](N)C(=O)N1CCC2(CC1)CC2. The van der Waals surface area contributed by atoms with E-state index in [4.69, 9.17) is 15.2 Å². The number of nitrogens with zero attached hydrogens (tertiary/aromatic N) is 1. The zero-order chi connectivity index (χ0) is 15.6. The third-order valence-electron chi connectivity index (χ3n) is 5.82. The smallest absolute Gasteiger partial charge is 0.242 e. The summed E-state index contributed by atoms with van der Waals surface area (Å²) in [6.07, 6.45) is 6.89. The van der Waals surface area contributed by atoms with Crippen LogP contribution in [0.1, 0.15) is 45.4 Å². The van der Waals surface area contributed by atoms with Crippen molar-refractivity contribution in [3.8, 4) is 0 Å². The Kier molecular flexibility index (Phi) is 5.05. The van der Waals surface area contributed by atoms with Crippen LogP contribution in [0.2, 0.25) is 0 Å². The number of hydrogen-bond acceptors (Lipinski definition) is 4. The maximum atomic E-state index is 12.5. The van der Waals surface area contributed by atoms with Crippen LogP contribution in [0.4, 0.5) is 0 Å². The third kappa shape index (κ3) is 3.81. The van der Waals surface area contributed by atoms with E-state index in [1.807, 2.05) is 11.8 Å². The minimum absolute atomic E-state index is 0.0648. The predicted molar refractivity (Wildman–Crippen MR) is 84.4 cm³/mol. The number of carbonyl (C=O) groups is 1. The van der Waals surface area contributed by atoms with Crippen molar-refractivity contribution >= 4 is 5.91 Å². The topological polar surface area (TPSA) is 64.8 Å². The first-order valence-electron chi connectivity index (χ1n) is 8.83. The van der Waals surface area contributed by atoms with Gasteiger partial charge in [0.15, 0.2) is 0 Å². The second kappa shape index (κ2) is 6.85. The lowest BCUT2D eigenvalue weighted by molar-refractivity contribution is -0.138. The van der Waals surface area contributed by atoms with Crippen molar-refractivity contribution in [2.24, 2.45) is 17.1 Å². The van der Waals surface area contributed by atoms with Crippen LogP contribution in [0.3, 0.4) is 0 Å². The fourth-order valence-electron chi connectivity index (χ4n) is 3.59. The Labute approximate surface area is 133 Å². The second-order valence-electron chi connectivity index (χ2n) is 7.45. The number of hydrogen-bond donors (Lipinski definition) is 1. The van der Waals surface area contributed by atoms with Crippen LogP contribution >= 0.6 is 0 Å². The molecule has 0 radical (unpaired) electrons. The van der Waals surface area contributed by atoms with Crippen molar-refractivity contribution in [2.45, 2.75) is 57.6 Å². The summed E-state index contributed by atoms with van der Waals surface area (Å²) in [4.78, 5) is 14.5. The molecule has 0 aromatic heterocycles. The van der Waals surface area contributed by atoms with Crippen molar-refractivity contribution < 1.29 is 14.3 Å². The zero-order valence-electron chi connectivity index (χ0n) is 13.8. The monoisotopic (exact) mass is 310 g/mol. The quantitative estimate of drug-likeness (QED) is 0.837. The van der Waals surface area contributed by atoms with Gasteiger partial charge in [-0.1, -0.05) is 0 Å². The fraction of sp³-hybridized carbons (Fsp3) is 0.941. The lowest BCUT2D eigenvalue weighted by Crippen LogP contribution is -2.52. The van der Waals surface area contributed by atoms with E-state index >= 15 is 0 Å². The maximum absolute atomic E-state index is 12.5. The molecule has 2 atom stereocenters. The average molecular weight is 310 g/mol. The molecule has 5 nitrogen and oxygen atoms in total. The summed E-state index contributed by atoms with van der Waals surface area (Å²) in [5.41, 5.74) is 6.74. The standard InChI is InChI=1S/C17H30N2O3/c1-13(22-12-14-2-10-21-11-3-14)15(18)16(20)19-8-6-17(4-5-17)7-9-19/h13-15H,2-12,18H2,1H3/t13-,15+/m1/s1. The van der Waals surface area contributed by atoms with Gasteiger partial charge in [0.05, 0.1) is 12.7 Å². The highest BCUT2D eigenvalue weighted by Crippen LogP contribution is 2.53. The molecule has 1 amide bonds. The summed E-state index contributed by atoms with van der Waals surface area (Å²) < 4.78 is 11.2. The number of rotatable bonds is 5. The van der Waals surface area contributed by atoms with Gasteiger partial charge in [-0.3, -0.25) is 4.79 Å². The Balaban J connectivity index is 1.41. The molecule has 2 heterocycles. The average Bonchev–Trinajstić information content (AvgIpc) is 3.32. The molecular weight excluding hydrogens is 280 g/mol. The van der Waals surface area contributed by atoms with Crippen LogP contribution in [-0.2, 0) is 14.3 Å². The van der Waals surface area contributed by atoms with E-state index in [1.165, 1.54) is 12.8 Å². The van der Waals surface area contributed by atoms with Crippen LogP contribution in [0.15, 0.2) is 0 Å². The molecule has 3 rings (SSSR count). The molecular formula is C17H30N2O3. The van der Waals surface area contributed by atoms with E-state index in [1.54, 1.807) is 0 Å². The van der Waals surface area contributed by atoms with E-state index in [0.717, 1.165) is 52.0 Å². The summed E-state index contributed by atoms with van der Waals surface area (Å²) in [6, 6.07) is -0.534. The van der Waals surface area contributed by atoms with Gasteiger partial charge >= 0.3 is 0 Å². The van der Waals surface area contributed by atoms with E-state index in [2.05, 4.69) is 0 Å². The fourth-order valence-corrected chi connectivity index (χ4v) is 3.59. The van der Waals surface area contributed by atoms with Gasteiger partial charge in [0.25, 0.3) is 0 Å². The number of piperidine rings is 1. The first-order chi connectivity index (χ1) is 10.6. The third-order valence-corrected chi connectivity index (χ3v) is 5.82. The zero-order valence-corrected chi connectivity index (χ0v) is 13.8. The Bertz CT molecular complexity index is 381. The first-order valence-corrected chi connectivity index (χ1v) is 8.83. The summed E-state index contributed by atoms with van der Waals surface area (Å²) in [7, 11) is 0. The Hall–Kier alpha value is -0.650. The molecule has 1 aliphatic carbocycles. The van der Waals surface area contributed by atoms with E-state index in [9.17, 15) is 4.79 Å². The van der Waals surface area contributed by atoms with Crippen molar-refractivity contribution in [2.75, 3.05) is 32.9 Å². The van der Waals surface area contributed by atoms with Gasteiger partial charge in [-0.25, -0.2) is 0 Å². The first kappa shape index (κ1) is 16.2. The van der Waals surface area contributed by atoms with Gasteiger partial charge in [-0.2, -0.15) is 0 Å². The maximum Gasteiger partial charge on any atom is 0.242 e. The molecule has 126 valence electrons. The van der Waals surface area contributed by atoms with Gasteiger partial charge in [-0.05, 0) is 56.8 Å². The van der Waals surface area contributed by atoms with Gasteiger partial charge in [-0.15, -0.1) is 0 Å². The lowest BCUT2D eigenvalue weighted by Gasteiger charge is -2.35. The Morgan fingerprint density at radius 2 is 1.91 bits per heavy atom. The molecule has 3 fully saturated rings. The van der Waals surface area contributed by atoms with Crippen molar-refractivity contribution in [1.29, 1.82) is 0 Å². The summed E-state index contributed by atoms with van der Waals surface area (Å²) in [6.45, 7) is 6.01. The lowest BCUT2D eigenvalue weighted by atomic mass is 9.93. The molecule has 0 aromatic carbocycles. The van der Waals surface area contributed by atoms with Gasteiger partial charge in [0, 0.05) is 26.3 Å². The highest BCUT2D eigenvalue weighted by Gasteiger charge is 2.45. The molecule has 2 saturated heterocycles. The normalized spacial score (nSPS) is 27.6. The van der Waals surface area contributed by atoms with E-state index < -0.39 is 6.04 Å². The van der Waals surface area contributed by atoms with E-state index in [0.29, 0.717) is 17.9 Å². The number of likely N-dealkylation sites (tertiary alicyclic amines) is 1. The van der Waals surface area contributed by atoms with Crippen LogP contribution in [0, 0.1) is 11.3 Å². The molecule has 0 bridgehead atoms. The van der Waals surface area contributed by atoms with Gasteiger partial charge in [0.1, 0.15) is 6.04 Å².